The Labute approximate surface area is 120 Å². The van der Waals surface area contributed by atoms with Crippen LogP contribution in [0.25, 0.3) is 0 Å². The zero-order chi connectivity index (χ0) is 14.7. The van der Waals surface area contributed by atoms with Gasteiger partial charge in [-0.25, -0.2) is 0 Å². The first-order chi connectivity index (χ1) is 9.06. The molecule has 0 aliphatic carbocycles. The van der Waals surface area contributed by atoms with Gasteiger partial charge >= 0.3 is 0 Å². The molecule has 19 heavy (non-hydrogen) atoms. The van der Waals surface area contributed by atoms with Crippen LogP contribution in [0.5, 0.6) is 0 Å². The lowest BCUT2D eigenvalue weighted by atomic mass is 10.2. The highest BCUT2D eigenvalue weighted by molar-refractivity contribution is 6.17. The minimum atomic E-state index is -0.264. The second-order valence-electron chi connectivity index (χ2n) is 4.37. The first kappa shape index (κ1) is 17.6. The van der Waals surface area contributed by atoms with Gasteiger partial charge in [0.1, 0.15) is 0 Å². The summed E-state index contributed by atoms with van der Waals surface area (Å²) in [4.78, 5) is 2.27. The Bertz CT molecular complexity index is 328. The van der Waals surface area contributed by atoms with E-state index in [4.69, 9.17) is 0 Å². The van der Waals surface area contributed by atoms with Gasteiger partial charge in [-0.3, -0.25) is 10.2 Å². The fourth-order valence-corrected chi connectivity index (χ4v) is 2.55. The third-order valence-electron chi connectivity index (χ3n) is 2.97. The zero-order valence-electron chi connectivity index (χ0n) is 12.1. The molecule has 1 unspecified atom stereocenters. The molecule has 0 spiro atoms. The predicted molar refractivity (Wildman–Crippen MR) is 90.2 cm³/mol. The quantitative estimate of drug-likeness (QED) is 0.313. The molecule has 0 saturated carbocycles. The van der Waals surface area contributed by atoms with E-state index in [9.17, 15) is 0 Å². The Kier molecular flexibility index (Phi) is 8.87. The van der Waals surface area contributed by atoms with Gasteiger partial charge in [-0.05, 0) is 0 Å². The molecule has 0 aromatic rings. The van der Waals surface area contributed by atoms with Gasteiger partial charge in [0.15, 0.2) is 0 Å². The molecule has 0 aliphatic heterocycles. The minimum absolute atomic E-state index is 0.264. The van der Waals surface area contributed by atoms with Gasteiger partial charge in [0.2, 0.25) is 0 Å². The van der Waals surface area contributed by atoms with E-state index < -0.39 is 0 Å². The Morgan fingerprint density at radius 1 is 1.00 bits per heavy atom. The lowest BCUT2D eigenvalue weighted by Crippen LogP contribution is -2.63. The fourth-order valence-electron chi connectivity index (χ4n) is 1.80. The lowest BCUT2D eigenvalue weighted by molar-refractivity contribution is 0.191. The average molecular weight is 277 g/mol. The van der Waals surface area contributed by atoms with Gasteiger partial charge in [-0.15, -0.1) is 26.3 Å². The van der Waals surface area contributed by atoms with E-state index in [1.165, 1.54) is 0 Å². The molecule has 0 aliphatic rings. The minimum Gasteiger partial charge on any atom is -0.383 e. The normalized spacial score (nSPS) is 13.5. The molecule has 0 amide bonds. The van der Waals surface area contributed by atoms with Crippen molar-refractivity contribution in [2.75, 3.05) is 26.2 Å². The third kappa shape index (κ3) is 5.42. The zero-order valence-corrected chi connectivity index (χ0v) is 14.1. The molecule has 0 aromatic carbocycles. The summed E-state index contributed by atoms with van der Waals surface area (Å²) >= 11 is 0. The Morgan fingerprint density at radius 3 is 1.95 bits per heavy atom. The summed E-state index contributed by atoms with van der Waals surface area (Å²) in [6, 6.07) is 0. The first-order valence-electron chi connectivity index (χ1n) is 6.43. The van der Waals surface area contributed by atoms with E-state index in [0.29, 0.717) is 6.54 Å². The summed E-state index contributed by atoms with van der Waals surface area (Å²) in [7, 11) is 0.870. The number of hydrogen-bond donors (Lipinski definition) is 2. The van der Waals surface area contributed by atoms with Crippen molar-refractivity contribution in [3.8, 4) is 0 Å². The SMILES string of the molecule is C=CCNC(=C)C([SiH3])(NCC=C)N(CC=C)CC=C. The van der Waals surface area contributed by atoms with Gasteiger partial charge < -0.3 is 5.32 Å². The third-order valence-corrected chi connectivity index (χ3v) is 4.56. The summed E-state index contributed by atoms with van der Waals surface area (Å²) in [5.41, 5.74) is 0.949. The van der Waals surface area contributed by atoms with Gasteiger partial charge in [0.25, 0.3) is 0 Å². The number of nitrogens with zero attached hydrogens (tertiary/aromatic N) is 1. The summed E-state index contributed by atoms with van der Waals surface area (Å²) in [6.07, 6.45) is 7.47. The highest BCUT2D eigenvalue weighted by Crippen LogP contribution is 2.15. The maximum absolute atomic E-state index is 4.17. The standard InChI is InChI=1S/C15H27N3Si/c1-6-10-16-14(5)15(19,17-11-7-2)18(12-8-3)13-9-4/h6-9,16-17H,1-5,10-13H2,19H3. The topological polar surface area (TPSA) is 27.3 Å². The molecule has 0 fully saturated rings. The van der Waals surface area contributed by atoms with E-state index in [2.05, 4.69) is 48.4 Å². The molecular formula is C15H27N3Si. The van der Waals surface area contributed by atoms with Crippen molar-refractivity contribution in [3.63, 3.8) is 0 Å². The maximum Gasteiger partial charge on any atom is 0.0893 e. The van der Waals surface area contributed by atoms with Crippen molar-refractivity contribution in [1.29, 1.82) is 0 Å². The maximum atomic E-state index is 4.17. The molecule has 4 heteroatoms. The van der Waals surface area contributed by atoms with Crippen LogP contribution < -0.4 is 10.6 Å². The van der Waals surface area contributed by atoms with Crippen LogP contribution in [-0.4, -0.2) is 46.6 Å². The monoisotopic (exact) mass is 277 g/mol. The molecule has 0 saturated heterocycles. The van der Waals surface area contributed by atoms with E-state index in [1.807, 2.05) is 24.3 Å². The van der Waals surface area contributed by atoms with E-state index >= 15 is 0 Å². The van der Waals surface area contributed by atoms with Crippen LogP contribution in [0.1, 0.15) is 0 Å². The molecule has 0 heterocycles. The van der Waals surface area contributed by atoms with Crippen LogP contribution in [0.3, 0.4) is 0 Å². The number of nitrogens with one attached hydrogen (secondary N) is 2. The van der Waals surface area contributed by atoms with Crippen LogP contribution in [0.15, 0.2) is 62.9 Å². The van der Waals surface area contributed by atoms with Crippen molar-refractivity contribution in [2.24, 2.45) is 0 Å². The fraction of sp³-hybridized carbons (Fsp3) is 0.333. The average Bonchev–Trinajstić information content (AvgIpc) is 2.41. The molecule has 1 atom stereocenters. The van der Waals surface area contributed by atoms with Crippen molar-refractivity contribution >= 4 is 10.2 Å². The van der Waals surface area contributed by atoms with Gasteiger partial charge in [0.05, 0.1) is 15.5 Å². The second kappa shape index (κ2) is 9.55. The smallest absolute Gasteiger partial charge is 0.0893 e. The predicted octanol–water partition coefficient (Wildman–Crippen LogP) is 0.744. The Balaban J connectivity index is 5.12. The highest BCUT2D eigenvalue weighted by Gasteiger charge is 2.32. The van der Waals surface area contributed by atoms with Crippen LogP contribution >= 0.6 is 0 Å². The molecule has 0 bridgehead atoms. The van der Waals surface area contributed by atoms with Gasteiger partial charge in [-0.2, -0.15) is 0 Å². The summed E-state index contributed by atoms with van der Waals surface area (Å²) in [6.45, 7) is 22.3. The largest absolute Gasteiger partial charge is 0.383 e. The number of rotatable bonds is 12. The van der Waals surface area contributed by atoms with Crippen LogP contribution in [0, 0.1) is 0 Å². The molecular weight excluding hydrogens is 250 g/mol. The van der Waals surface area contributed by atoms with E-state index in [-0.39, 0.29) is 5.29 Å². The van der Waals surface area contributed by atoms with Crippen molar-refractivity contribution < 1.29 is 0 Å². The molecule has 0 radical (unpaired) electrons. The Hall–Kier alpha value is -1.36. The van der Waals surface area contributed by atoms with E-state index in [0.717, 1.165) is 35.6 Å². The summed E-state index contributed by atoms with van der Waals surface area (Å²) in [5, 5.41) is 6.53. The van der Waals surface area contributed by atoms with Crippen LogP contribution in [-0.2, 0) is 0 Å². The molecule has 3 nitrogen and oxygen atoms in total. The highest BCUT2D eigenvalue weighted by atomic mass is 28.1. The molecule has 2 N–H and O–H groups in total. The molecule has 0 aromatic heterocycles. The van der Waals surface area contributed by atoms with Crippen molar-refractivity contribution in [2.45, 2.75) is 5.29 Å². The summed E-state index contributed by atoms with van der Waals surface area (Å²) < 4.78 is 0. The van der Waals surface area contributed by atoms with Gasteiger partial charge in [0, 0.05) is 31.9 Å². The lowest BCUT2D eigenvalue weighted by Gasteiger charge is -2.43. The first-order valence-corrected chi connectivity index (χ1v) is 7.43. The molecule has 106 valence electrons. The van der Waals surface area contributed by atoms with Crippen LogP contribution in [0.2, 0.25) is 0 Å². The Morgan fingerprint density at radius 2 is 1.53 bits per heavy atom. The van der Waals surface area contributed by atoms with Crippen molar-refractivity contribution in [3.05, 3.63) is 62.9 Å². The van der Waals surface area contributed by atoms with Gasteiger partial charge in [-0.1, -0.05) is 30.9 Å². The second-order valence-corrected chi connectivity index (χ2v) is 5.82. The van der Waals surface area contributed by atoms with Crippen molar-refractivity contribution in [1.82, 2.24) is 15.5 Å². The summed E-state index contributed by atoms with van der Waals surface area (Å²) in [5.74, 6) is 0. The van der Waals surface area contributed by atoms with E-state index in [1.54, 1.807) is 0 Å². The van der Waals surface area contributed by atoms with Crippen LogP contribution in [0.4, 0.5) is 0 Å². The molecule has 0 rings (SSSR count). The number of hydrogen-bond acceptors (Lipinski definition) is 3.